The topological polar surface area (TPSA) is 173 Å². The largest absolute Gasteiger partial charge is 0.744 e. The van der Waals surface area contributed by atoms with E-state index >= 15 is 0 Å². The third kappa shape index (κ3) is 6.17. The van der Waals surface area contributed by atoms with E-state index in [2.05, 4.69) is 15.6 Å². The van der Waals surface area contributed by atoms with Crippen LogP contribution in [0.15, 0.2) is 101 Å². The third-order valence-corrected chi connectivity index (χ3v) is 5.57. The van der Waals surface area contributed by atoms with Gasteiger partial charge < -0.3 is 27.1 Å². The zero-order chi connectivity index (χ0) is 23.4. The smallest absolute Gasteiger partial charge is 0.178 e. The second-order valence-electron chi connectivity index (χ2n) is 7.19. The van der Waals surface area contributed by atoms with Crippen molar-refractivity contribution in [3.63, 3.8) is 0 Å². The normalized spacial score (nSPS) is 12.7. The van der Waals surface area contributed by atoms with Gasteiger partial charge in [-0.05, 0) is 91.0 Å². The summed E-state index contributed by atoms with van der Waals surface area (Å²) in [7, 11) is -4.74. The van der Waals surface area contributed by atoms with Crippen LogP contribution in [-0.4, -0.2) is 24.5 Å². The molecule has 0 aliphatic heterocycles. The summed E-state index contributed by atoms with van der Waals surface area (Å²) in [5.41, 5.74) is 9.44. The van der Waals surface area contributed by atoms with Crippen molar-refractivity contribution in [3.8, 4) is 0 Å². The van der Waals surface area contributed by atoms with Crippen molar-refractivity contribution in [1.82, 2.24) is 6.15 Å². The number of ketones is 1. The van der Waals surface area contributed by atoms with Gasteiger partial charge in [0.25, 0.3) is 0 Å². The molecule has 0 saturated heterocycles. The van der Waals surface area contributed by atoms with Crippen LogP contribution >= 0.6 is 0 Å². The lowest BCUT2D eigenvalue weighted by molar-refractivity contribution is -0.110. The van der Waals surface area contributed by atoms with Gasteiger partial charge in [0.15, 0.2) is 5.78 Å². The number of nitrogens with zero attached hydrogens (tertiary/aromatic N) is 1. The molecule has 3 aromatic rings. The molecule has 1 aliphatic rings. The first-order valence-corrected chi connectivity index (χ1v) is 11.3. The van der Waals surface area contributed by atoms with Crippen molar-refractivity contribution in [2.24, 2.45) is 4.99 Å². The Bertz CT molecular complexity index is 1380. The predicted octanol–water partition coefficient (Wildman–Crippen LogP) is 4.80. The number of carbonyl (C=O) groups excluding carboxylic acids is 1. The molecule has 34 heavy (non-hydrogen) atoms. The molecule has 8 N–H and O–H groups in total. The van der Waals surface area contributed by atoms with E-state index < -0.39 is 10.1 Å². The van der Waals surface area contributed by atoms with E-state index in [1.165, 1.54) is 24.3 Å². The first-order chi connectivity index (χ1) is 15.8. The molecule has 0 heterocycles. The molecule has 0 spiro atoms. The molecule has 0 bridgehead atoms. The van der Waals surface area contributed by atoms with Crippen molar-refractivity contribution < 1.29 is 17.8 Å². The predicted molar refractivity (Wildman–Crippen MR) is 135 cm³/mol. The number of nitrogen functional groups attached to an aromatic ring is 1. The van der Waals surface area contributed by atoms with E-state index in [-0.39, 0.29) is 22.5 Å². The number of nitrogens with one attached hydrogen (secondary N) is 2. The van der Waals surface area contributed by atoms with Gasteiger partial charge in [-0.3, -0.25) is 4.79 Å². The Morgan fingerprint density at radius 3 is 1.94 bits per heavy atom. The number of rotatable bonds is 6. The first kappa shape index (κ1) is 24.4. The Kier molecular flexibility index (Phi) is 7.27. The van der Waals surface area contributed by atoms with Gasteiger partial charge in [-0.15, -0.1) is 0 Å². The van der Waals surface area contributed by atoms with E-state index in [0.29, 0.717) is 34.1 Å². The summed E-state index contributed by atoms with van der Waals surface area (Å²) in [4.78, 5) is 15.2. The Labute approximate surface area is 197 Å². The van der Waals surface area contributed by atoms with E-state index in [0.717, 1.165) is 0 Å². The number of hydrogen-bond acceptors (Lipinski definition) is 8. The van der Waals surface area contributed by atoms with Crippen LogP contribution in [0.4, 0.5) is 34.1 Å². The van der Waals surface area contributed by atoms with Crippen molar-refractivity contribution in [2.45, 2.75) is 4.90 Å². The molecule has 0 amide bonds. The van der Waals surface area contributed by atoms with Crippen LogP contribution in [0.2, 0.25) is 0 Å². The molecule has 9 nitrogen and oxygen atoms in total. The summed E-state index contributed by atoms with van der Waals surface area (Å²) in [6.07, 6.45) is 6.12. The number of anilines is 5. The van der Waals surface area contributed by atoms with Gasteiger partial charge in [0.1, 0.15) is 10.1 Å². The van der Waals surface area contributed by atoms with Crippen molar-refractivity contribution in [2.75, 3.05) is 16.4 Å². The molecular formula is C24H23N5O4S. The highest BCUT2D eigenvalue weighted by Crippen LogP contribution is 2.30. The Morgan fingerprint density at radius 1 is 0.765 bits per heavy atom. The summed E-state index contributed by atoms with van der Waals surface area (Å²) >= 11 is 0. The monoisotopic (exact) mass is 477 g/mol. The molecule has 0 saturated carbocycles. The van der Waals surface area contributed by atoms with Gasteiger partial charge >= 0.3 is 0 Å². The minimum atomic E-state index is -4.74. The molecule has 0 fully saturated rings. The molecule has 174 valence electrons. The van der Waals surface area contributed by atoms with Crippen LogP contribution in [0.25, 0.3) is 0 Å². The summed E-state index contributed by atoms with van der Waals surface area (Å²) in [6.45, 7) is 0. The van der Waals surface area contributed by atoms with Gasteiger partial charge in [-0.2, -0.15) is 0 Å². The maximum atomic E-state index is 11.9. The summed E-state index contributed by atoms with van der Waals surface area (Å²) < 4.78 is 35.7. The maximum Gasteiger partial charge on any atom is 0.178 e. The summed E-state index contributed by atoms with van der Waals surface area (Å²) in [6, 6.07) is 18.3. The lowest BCUT2D eigenvalue weighted by Gasteiger charge is -2.17. The van der Waals surface area contributed by atoms with Crippen LogP contribution in [0.3, 0.4) is 0 Å². The van der Waals surface area contributed by atoms with E-state index in [1.54, 1.807) is 66.7 Å². The fraction of sp³-hybridized carbons (Fsp3) is 0. The number of allylic oxidation sites excluding steroid dienone is 4. The lowest BCUT2D eigenvalue weighted by atomic mass is 10.1. The average Bonchev–Trinajstić information content (AvgIpc) is 2.78. The first-order valence-electron chi connectivity index (χ1n) is 9.85. The van der Waals surface area contributed by atoms with Crippen LogP contribution < -0.4 is 22.5 Å². The minimum absolute atomic E-state index is 0. The second-order valence-corrected chi connectivity index (χ2v) is 8.54. The standard InChI is InChI=1S/C24H20N4O4S.H3N/c25-16-1-3-17(4-2-16)27-21-11-14-23(24(15-21)33(30,31)32)28-20-7-5-18(6-8-20)26-19-9-12-22(29)13-10-19;/h1-15,27-28H,25H2,(H,30,31,32);1H3. The van der Waals surface area contributed by atoms with Crippen LogP contribution in [0.5, 0.6) is 0 Å². The summed E-state index contributed by atoms with van der Waals surface area (Å²) in [5, 5.41) is 6.02. The average molecular weight is 478 g/mol. The number of nitrogens with two attached hydrogens (primary N) is 1. The van der Waals surface area contributed by atoms with Gasteiger partial charge in [-0.1, -0.05) is 0 Å². The Balaban J connectivity index is 0.00000324. The molecule has 0 aromatic heterocycles. The molecule has 3 aromatic carbocycles. The highest BCUT2D eigenvalue weighted by atomic mass is 32.2. The SMILES string of the molecule is Nc1ccc(Nc2ccc(Nc3ccc(N=C4C=CC(=O)C=C4)cc3)c(S(=O)(=O)[O-])c2)cc1.[NH4+]. The highest BCUT2D eigenvalue weighted by Gasteiger charge is 2.11. The quantitative estimate of drug-likeness (QED) is 0.224. The highest BCUT2D eigenvalue weighted by molar-refractivity contribution is 7.86. The van der Waals surface area contributed by atoms with Crippen molar-refractivity contribution in [1.29, 1.82) is 0 Å². The fourth-order valence-corrected chi connectivity index (χ4v) is 3.75. The summed E-state index contributed by atoms with van der Waals surface area (Å²) in [5.74, 6) is -0.0905. The van der Waals surface area contributed by atoms with Crippen LogP contribution in [0.1, 0.15) is 0 Å². The second kappa shape index (κ2) is 10.1. The van der Waals surface area contributed by atoms with Gasteiger partial charge in [-0.25, -0.2) is 13.4 Å². The molecule has 0 unspecified atom stereocenters. The fourth-order valence-electron chi connectivity index (χ4n) is 3.09. The molecular weight excluding hydrogens is 454 g/mol. The van der Waals surface area contributed by atoms with E-state index in [1.807, 2.05) is 0 Å². The van der Waals surface area contributed by atoms with E-state index in [4.69, 9.17) is 5.73 Å². The molecule has 4 rings (SSSR count). The third-order valence-electron chi connectivity index (χ3n) is 4.69. The molecule has 0 radical (unpaired) electrons. The maximum absolute atomic E-state index is 11.9. The minimum Gasteiger partial charge on any atom is -0.744 e. The number of quaternary nitrogens is 1. The molecule has 1 aliphatic carbocycles. The van der Waals surface area contributed by atoms with Crippen LogP contribution in [0, 0.1) is 0 Å². The van der Waals surface area contributed by atoms with E-state index in [9.17, 15) is 17.8 Å². The molecule has 0 atom stereocenters. The van der Waals surface area contributed by atoms with Crippen molar-refractivity contribution >= 4 is 55.7 Å². The number of hydrogen-bond donors (Lipinski definition) is 4. The van der Waals surface area contributed by atoms with Gasteiger partial charge in [0.05, 0.1) is 22.0 Å². The zero-order valence-electron chi connectivity index (χ0n) is 18.2. The van der Waals surface area contributed by atoms with Crippen LogP contribution in [-0.2, 0) is 14.9 Å². The lowest BCUT2D eigenvalue weighted by Crippen LogP contribution is -2.05. The number of carbonyl (C=O) groups is 1. The number of benzene rings is 3. The Morgan fingerprint density at radius 2 is 1.32 bits per heavy atom. The molecule has 10 heteroatoms. The van der Waals surface area contributed by atoms with Gasteiger partial charge in [0.2, 0.25) is 0 Å². The number of aliphatic imine (C=N–C) groups is 1. The van der Waals surface area contributed by atoms with Gasteiger partial charge in [0, 0.05) is 22.7 Å². The van der Waals surface area contributed by atoms with Crippen molar-refractivity contribution in [3.05, 3.63) is 91.0 Å². The zero-order valence-corrected chi connectivity index (χ0v) is 19.0. The Hall–Kier alpha value is -4.25.